The molecule has 3 atom stereocenters. The molecule has 26 heavy (non-hydrogen) atoms. The largest absolute Gasteiger partial charge is 0.489 e. The number of rotatable bonds is 9. The predicted molar refractivity (Wildman–Crippen MR) is 104 cm³/mol. The van der Waals surface area contributed by atoms with Gasteiger partial charge in [0.05, 0.1) is 12.9 Å². The number of piperidine rings is 1. The first-order chi connectivity index (χ1) is 12.3. The Morgan fingerprint density at radius 2 is 2.08 bits per heavy atom. The second kappa shape index (κ2) is 9.69. The lowest BCUT2D eigenvalue weighted by atomic mass is 9.97. The first kappa shape index (κ1) is 21.2. The molecular formula is C19H32N2O4S. The number of nitrogens with zero attached hydrogens (tertiary/aromatic N) is 1. The van der Waals surface area contributed by atoms with E-state index in [9.17, 15) is 8.42 Å². The number of methoxy groups -OCH3 is 1. The van der Waals surface area contributed by atoms with Crippen LogP contribution in [0, 0.1) is 6.92 Å². The Balaban J connectivity index is 2.09. The van der Waals surface area contributed by atoms with Crippen LogP contribution in [0.4, 0.5) is 0 Å². The van der Waals surface area contributed by atoms with Crippen molar-refractivity contribution in [2.24, 2.45) is 0 Å². The summed E-state index contributed by atoms with van der Waals surface area (Å²) in [6.45, 7) is 6.32. The lowest BCUT2D eigenvalue weighted by Gasteiger charge is -2.42. The fourth-order valence-corrected chi connectivity index (χ4v) is 4.36. The van der Waals surface area contributed by atoms with Crippen LogP contribution in [0.25, 0.3) is 0 Å². The van der Waals surface area contributed by atoms with Crippen molar-refractivity contribution < 1.29 is 17.9 Å². The Hall–Kier alpha value is -1.15. The molecule has 148 valence electrons. The second-order valence-corrected chi connectivity index (χ2v) is 8.85. The summed E-state index contributed by atoms with van der Waals surface area (Å²) in [7, 11) is -1.59. The third kappa shape index (κ3) is 6.23. The number of aryl methyl sites for hydroxylation is 1. The molecule has 1 heterocycles. The van der Waals surface area contributed by atoms with E-state index in [1.54, 1.807) is 7.11 Å². The molecule has 2 unspecified atom stereocenters. The molecule has 1 saturated heterocycles. The molecule has 7 heteroatoms. The number of benzene rings is 1. The van der Waals surface area contributed by atoms with Gasteiger partial charge in [-0.1, -0.05) is 25.1 Å². The third-order valence-corrected chi connectivity index (χ3v) is 5.61. The van der Waals surface area contributed by atoms with Gasteiger partial charge in [-0.25, -0.2) is 13.1 Å². The highest BCUT2D eigenvalue weighted by atomic mass is 32.2. The summed E-state index contributed by atoms with van der Waals surface area (Å²) in [6.07, 6.45) is 3.93. The fourth-order valence-electron chi connectivity index (χ4n) is 3.54. The maximum absolute atomic E-state index is 11.7. The molecule has 0 spiro atoms. The molecule has 1 N–H and O–H groups in total. The van der Waals surface area contributed by atoms with Gasteiger partial charge in [-0.2, -0.15) is 0 Å². The minimum Gasteiger partial charge on any atom is -0.489 e. The number of para-hydroxylation sites is 1. The maximum atomic E-state index is 11.7. The van der Waals surface area contributed by atoms with Crippen LogP contribution in [0.2, 0.25) is 0 Å². The van der Waals surface area contributed by atoms with Gasteiger partial charge in [0.1, 0.15) is 11.9 Å². The third-order valence-electron chi connectivity index (χ3n) is 4.88. The average molecular weight is 385 g/mol. The van der Waals surface area contributed by atoms with Crippen LogP contribution in [0.5, 0.6) is 5.75 Å². The number of nitrogens with one attached hydrogen (secondary N) is 1. The van der Waals surface area contributed by atoms with Gasteiger partial charge >= 0.3 is 0 Å². The predicted octanol–water partition coefficient (Wildman–Crippen LogP) is 2.18. The molecular weight excluding hydrogens is 352 g/mol. The summed E-state index contributed by atoms with van der Waals surface area (Å²) >= 11 is 0. The van der Waals surface area contributed by atoms with Gasteiger partial charge in [-0.3, -0.25) is 4.90 Å². The first-order valence-electron chi connectivity index (χ1n) is 9.26. The summed E-state index contributed by atoms with van der Waals surface area (Å²) in [4.78, 5) is 2.31. The van der Waals surface area contributed by atoms with Gasteiger partial charge in [-0.05, 0) is 44.4 Å². The highest BCUT2D eigenvalue weighted by Gasteiger charge is 2.34. The van der Waals surface area contributed by atoms with E-state index in [1.165, 1.54) is 6.26 Å². The zero-order valence-corrected chi connectivity index (χ0v) is 17.1. The molecule has 0 radical (unpaired) electrons. The highest BCUT2D eigenvalue weighted by molar-refractivity contribution is 7.88. The molecule has 0 aromatic heterocycles. The van der Waals surface area contributed by atoms with Gasteiger partial charge in [0.2, 0.25) is 10.0 Å². The maximum Gasteiger partial charge on any atom is 0.209 e. The summed E-state index contributed by atoms with van der Waals surface area (Å²) in [5.41, 5.74) is 1.12. The Labute approximate surface area is 157 Å². The van der Waals surface area contributed by atoms with Crippen molar-refractivity contribution >= 4 is 10.0 Å². The number of hydrogen-bond acceptors (Lipinski definition) is 5. The van der Waals surface area contributed by atoms with E-state index in [2.05, 4.69) is 16.5 Å². The van der Waals surface area contributed by atoms with Crippen LogP contribution < -0.4 is 9.46 Å². The van der Waals surface area contributed by atoms with Crippen molar-refractivity contribution in [3.8, 4) is 5.75 Å². The number of hydrogen-bond donors (Lipinski definition) is 1. The van der Waals surface area contributed by atoms with E-state index in [-0.39, 0.29) is 18.2 Å². The zero-order chi connectivity index (χ0) is 19.2. The summed E-state index contributed by atoms with van der Waals surface area (Å²) in [5, 5.41) is 0. The monoisotopic (exact) mass is 384 g/mol. The van der Waals surface area contributed by atoms with E-state index in [4.69, 9.17) is 9.47 Å². The van der Waals surface area contributed by atoms with E-state index >= 15 is 0 Å². The lowest BCUT2D eigenvalue weighted by molar-refractivity contribution is 0.0220. The Morgan fingerprint density at radius 1 is 1.35 bits per heavy atom. The molecule has 1 aromatic rings. The van der Waals surface area contributed by atoms with Crippen molar-refractivity contribution in [1.29, 1.82) is 0 Å². The Kier molecular flexibility index (Phi) is 7.88. The first-order valence-corrected chi connectivity index (χ1v) is 11.2. The average Bonchev–Trinajstić information content (AvgIpc) is 2.57. The van der Waals surface area contributed by atoms with Crippen LogP contribution in [0.3, 0.4) is 0 Å². The van der Waals surface area contributed by atoms with E-state index in [0.29, 0.717) is 6.61 Å². The van der Waals surface area contributed by atoms with Crippen molar-refractivity contribution in [3.63, 3.8) is 0 Å². The van der Waals surface area contributed by atoms with Crippen molar-refractivity contribution in [1.82, 2.24) is 9.62 Å². The van der Waals surface area contributed by atoms with Gasteiger partial charge in [0, 0.05) is 25.7 Å². The number of ether oxygens (including phenoxy) is 2. The minimum atomic E-state index is -3.25. The summed E-state index contributed by atoms with van der Waals surface area (Å²) in [6, 6.07) is 7.91. The van der Waals surface area contributed by atoms with Gasteiger partial charge < -0.3 is 9.47 Å². The Bertz CT molecular complexity index is 665. The molecule has 1 aliphatic rings. The van der Waals surface area contributed by atoms with Crippen LogP contribution in [-0.2, 0) is 14.8 Å². The minimum absolute atomic E-state index is 0.0120. The zero-order valence-electron chi connectivity index (χ0n) is 16.3. The summed E-state index contributed by atoms with van der Waals surface area (Å²) < 4.78 is 37.8. The molecule has 6 nitrogen and oxygen atoms in total. The molecule has 0 saturated carbocycles. The SMILES string of the molecule is CCC(CN1CCCC(NS(C)(=O)=O)[C@@H]1COC)Oc1ccccc1C. The van der Waals surface area contributed by atoms with E-state index in [0.717, 1.165) is 43.7 Å². The van der Waals surface area contributed by atoms with Crippen LogP contribution in [0.15, 0.2) is 24.3 Å². The van der Waals surface area contributed by atoms with Crippen molar-refractivity contribution in [3.05, 3.63) is 29.8 Å². The summed E-state index contributed by atoms with van der Waals surface area (Å²) in [5.74, 6) is 0.908. The van der Waals surface area contributed by atoms with E-state index in [1.807, 2.05) is 31.2 Å². The number of likely N-dealkylation sites (tertiary alicyclic amines) is 1. The van der Waals surface area contributed by atoms with Crippen LogP contribution in [0.1, 0.15) is 31.7 Å². The van der Waals surface area contributed by atoms with Gasteiger partial charge in [0.15, 0.2) is 0 Å². The smallest absolute Gasteiger partial charge is 0.209 e. The van der Waals surface area contributed by atoms with E-state index < -0.39 is 10.0 Å². The van der Waals surface area contributed by atoms with Gasteiger partial charge in [0.25, 0.3) is 0 Å². The van der Waals surface area contributed by atoms with Crippen molar-refractivity contribution in [2.75, 3.05) is 33.1 Å². The Morgan fingerprint density at radius 3 is 2.69 bits per heavy atom. The molecule has 2 rings (SSSR count). The molecule has 0 amide bonds. The molecule has 0 aliphatic carbocycles. The second-order valence-electron chi connectivity index (χ2n) is 7.07. The topological polar surface area (TPSA) is 67.9 Å². The van der Waals surface area contributed by atoms with Crippen LogP contribution in [-0.4, -0.2) is 64.6 Å². The highest BCUT2D eigenvalue weighted by Crippen LogP contribution is 2.23. The van der Waals surface area contributed by atoms with Crippen LogP contribution >= 0.6 is 0 Å². The molecule has 1 aliphatic heterocycles. The lowest BCUT2D eigenvalue weighted by Crippen LogP contribution is -2.58. The molecule has 0 bridgehead atoms. The van der Waals surface area contributed by atoms with Crippen molar-refractivity contribution in [2.45, 2.75) is 51.3 Å². The number of sulfonamides is 1. The molecule has 1 fully saturated rings. The normalized spacial score (nSPS) is 22.9. The fraction of sp³-hybridized carbons (Fsp3) is 0.684. The van der Waals surface area contributed by atoms with Gasteiger partial charge in [-0.15, -0.1) is 0 Å². The molecule has 1 aromatic carbocycles. The standard InChI is InChI=1S/C19H32N2O4S/c1-5-16(25-19-11-7-6-9-15(19)2)13-21-12-8-10-17(18(21)14-24-3)20-26(4,22)23/h6-7,9,11,16-18,20H,5,8,10,12-14H2,1-4H3/t16?,17?,18-/m0/s1. The quantitative estimate of drug-likeness (QED) is 0.707.